The molecule has 3 aromatic rings. The Morgan fingerprint density at radius 1 is 1.32 bits per heavy atom. The molecule has 6 heteroatoms. The monoisotopic (exact) mass is 314 g/mol. The summed E-state index contributed by atoms with van der Waals surface area (Å²) in [4.78, 5) is 19.7. The van der Waals surface area contributed by atoms with Gasteiger partial charge in [0, 0.05) is 6.07 Å². The second-order valence-electron chi connectivity index (χ2n) is 4.65. The number of carbonyl (C=O) groups is 1. The minimum Gasteiger partial charge on any atom is -0.507 e. The maximum atomic E-state index is 12.2. The van der Waals surface area contributed by atoms with E-state index in [0.29, 0.717) is 10.9 Å². The van der Waals surface area contributed by atoms with Crippen molar-refractivity contribution in [1.29, 1.82) is 0 Å². The topological polar surface area (TPSA) is 75.2 Å². The van der Waals surface area contributed by atoms with Crippen LogP contribution in [0.1, 0.15) is 10.4 Å². The van der Waals surface area contributed by atoms with E-state index in [1.807, 2.05) is 24.3 Å². The predicted octanol–water partition coefficient (Wildman–Crippen LogP) is 3.25. The molecule has 0 fully saturated rings. The standard InChI is InChI=1S/C16H14N2O3S/c1-21-10-6-7-11(14(19)8-10)15(20)9-22-16-17-12-4-2-3-5-13(12)18-16/h2-8,19H,9H2,1H3,(H,17,18). The van der Waals surface area contributed by atoms with Gasteiger partial charge in [-0.1, -0.05) is 23.9 Å². The molecule has 5 nitrogen and oxygen atoms in total. The van der Waals surface area contributed by atoms with E-state index < -0.39 is 0 Å². The summed E-state index contributed by atoms with van der Waals surface area (Å²) in [6, 6.07) is 12.3. The van der Waals surface area contributed by atoms with Crippen molar-refractivity contribution in [2.45, 2.75) is 5.16 Å². The number of phenolic OH excluding ortho intramolecular Hbond substituents is 1. The molecular formula is C16H14N2O3S. The highest BCUT2D eigenvalue weighted by Gasteiger charge is 2.13. The number of Topliss-reactive ketones (excluding diaryl/α,β-unsaturated/α-hetero) is 1. The number of H-pyrrole nitrogens is 1. The van der Waals surface area contributed by atoms with Gasteiger partial charge in [-0.05, 0) is 24.3 Å². The Labute approximate surface area is 131 Å². The highest BCUT2D eigenvalue weighted by atomic mass is 32.2. The fraction of sp³-hybridized carbons (Fsp3) is 0.125. The summed E-state index contributed by atoms with van der Waals surface area (Å²) in [6.45, 7) is 0. The normalized spacial score (nSPS) is 10.8. The number of phenols is 1. The lowest BCUT2D eigenvalue weighted by Gasteiger charge is -2.05. The predicted molar refractivity (Wildman–Crippen MR) is 85.8 cm³/mol. The van der Waals surface area contributed by atoms with E-state index in [-0.39, 0.29) is 22.8 Å². The number of benzene rings is 2. The van der Waals surface area contributed by atoms with Crippen molar-refractivity contribution in [3.63, 3.8) is 0 Å². The number of aromatic amines is 1. The average molecular weight is 314 g/mol. The second kappa shape index (κ2) is 6.11. The van der Waals surface area contributed by atoms with Gasteiger partial charge in [0.05, 0.1) is 29.5 Å². The number of carbonyl (C=O) groups excluding carboxylic acids is 1. The Bertz CT molecular complexity index is 796. The molecule has 0 atom stereocenters. The molecule has 1 aromatic heterocycles. The summed E-state index contributed by atoms with van der Waals surface area (Å²) in [5.74, 6) is 0.471. The quantitative estimate of drug-likeness (QED) is 0.558. The van der Waals surface area contributed by atoms with Crippen molar-refractivity contribution < 1.29 is 14.6 Å². The third-order valence-corrected chi connectivity index (χ3v) is 4.09. The Kier molecular flexibility index (Phi) is 4.02. The zero-order valence-corrected chi connectivity index (χ0v) is 12.7. The molecule has 2 N–H and O–H groups in total. The van der Waals surface area contributed by atoms with E-state index in [9.17, 15) is 9.90 Å². The van der Waals surface area contributed by atoms with E-state index in [4.69, 9.17) is 4.74 Å². The van der Waals surface area contributed by atoms with Gasteiger partial charge >= 0.3 is 0 Å². The molecule has 3 rings (SSSR count). The van der Waals surface area contributed by atoms with Crippen LogP contribution in [0.15, 0.2) is 47.6 Å². The fourth-order valence-corrected chi connectivity index (χ4v) is 2.85. The van der Waals surface area contributed by atoms with Crippen molar-refractivity contribution in [1.82, 2.24) is 9.97 Å². The van der Waals surface area contributed by atoms with Crippen LogP contribution < -0.4 is 4.74 Å². The summed E-state index contributed by atoms with van der Waals surface area (Å²) in [7, 11) is 1.51. The van der Waals surface area contributed by atoms with E-state index >= 15 is 0 Å². The molecule has 0 unspecified atom stereocenters. The third kappa shape index (κ3) is 2.92. The van der Waals surface area contributed by atoms with Gasteiger partial charge < -0.3 is 14.8 Å². The van der Waals surface area contributed by atoms with Gasteiger partial charge in [-0.3, -0.25) is 4.79 Å². The number of hydrogen-bond donors (Lipinski definition) is 2. The van der Waals surface area contributed by atoms with Crippen LogP contribution in [0.25, 0.3) is 11.0 Å². The maximum absolute atomic E-state index is 12.2. The van der Waals surface area contributed by atoms with Crippen LogP contribution in [0.4, 0.5) is 0 Å². The fourth-order valence-electron chi connectivity index (χ4n) is 2.08. The number of hydrogen-bond acceptors (Lipinski definition) is 5. The summed E-state index contributed by atoms with van der Waals surface area (Å²) in [5.41, 5.74) is 2.08. The van der Waals surface area contributed by atoms with Crippen molar-refractivity contribution in [2.24, 2.45) is 0 Å². The first-order chi connectivity index (χ1) is 10.7. The minimum atomic E-state index is -0.161. The summed E-state index contributed by atoms with van der Waals surface area (Å²) in [6.07, 6.45) is 0. The van der Waals surface area contributed by atoms with E-state index in [1.54, 1.807) is 12.1 Å². The van der Waals surface area contributed by atoms with E-state index in [0.717, 1.165) is 11.0 Å². The molecule has 22 heavy (non-hydrogen) atoms. The minimum absolute atomic E-state index is 0.0745. The number of methoxy groups -OCH3 is 1. The molecule has 0 amide bonds. The first-order valence-corrected chi connectivity index (χ1v) is 7.63. The highest BCUT2D eigenvalue weighted by Crippen LogP contribution is 2.26. The first kappa shape index (κ1) is 14.5. The number of nitrogens with one attached hydrogen (secondary N) is 1. The molecule has 0 aliphatic rings. The van der Waals surface area contributed by atoms with E-state index in [1.165, 1.54) is 24.9 Å². The van der Waals surface area contributed by atoms with Crippen LogP contribution in [-0.2, 0) is 0 Å². The summed E-state index contributed by atoms with van der Waals surface area (Å²) < 4.78 is 5.00. The number of ether oxygens (including phenoxy) is 1. The van der Waals surface area contributed by atoms with Gasteiger partial charge in [0.15, 0.2) is 10.9 Å². The van der Waals surface area contributed by atoms with E-state index in [2.05, 4.69) is 9.97 Å². The Hall–Kier alpha value is -2.47. The Morgan fingerprint density at radius 2 is 2.14 bits per heavy atom. The van der Waals surface area contributed by atoms with Gasteiger partial charge in [0.1, 0.15) is 11.5 Å². The number of para-hydroxylation sites is 2. The molecule has 2 aromatic carbocycles. The molecule has 0 aliphatic heterocycles. The summed E-state index contributed by atoms with van der Waals surface area (Å²) in [5, 5.41) is 10.6. The zero-order chi connectivity index (χ0) is 15.5. The van der Waals surface area contributed by atoms with Crippen molar-refractivity contribution in [3.05, 3.63) is 48.0 Å². The molecule has 112 valence electrons. The molecule has 0 spiro atoms. The molecule has 0 aliphatic carbocycles. The SMILES string of the molecule is COc1ccc(C(=O)CSc2nc3ccccc3[nH]2)c(O)c1. The van der Waals surface area contributed by atoms with Crippen LogP contribution in [-0.4, -0.2) is 33.7 Å². The van der Waals surface area contributed by atoms with Crippen molar-refractivity contribution >= 4 is 28.6 Å². The first-order valence-electron chi connectivity index (χ1n) is 6.65. The number of aromatic hydroxyl groups is 1. The lowest BCUT2D eigenvalue weighted by Crippen LogP contribution is -2.03. The Morgan fingerprint density at radius 3 is 2.86 bits per heavy atom. The van der Waals surface area contributed by atoms with Crippen LogP contribution in [0, 0.1) is 0 Å². The van der Waals surface area contributed by atoms with Crippen molar-refractivity contribution in [3.8, 4) is 11.5 Å². The number of nitrogens with zero attached hydrogens (tertiary/aromatic N) is 1. The molecule has 1 heterocycles. The Balaban J connectivity index is 1.71. The number of thioether (sulfide) groups is 1. The number of ketones is 1. The number of fused-ring (bicyclic) bond motifs is 1. The molecule has 0 saturated carbocycles. The third-order valence-electron chi connectivity index (χ3n) is 3.21. The smallest absolute Gasteiger partial charge is 0.176 e. The van der Waals surface area contributed by atoms with Crippen LogP contribution >= 0.6 is 11.8 Å². The molecule has 0 saturated heterocycles. The van der Waals surface area contributed by atoms with Gasteiger partial charge in [-0.25, -0.2) is 4.98 Å². The summed E-state index contributed by atoms with van der Waals surface area (Å²) >= 11 is 1.31. The van der Waals surface area contributed by atoms with Crippen LogP contribution in [0.5, 0.6) is 11.5 Å². The number of aromatic nitrogens is 2. The van der Waals surface area contributed by atoms with Gasteiger partial charge in [0.25, 0.3) is 0 Å². The second-order valence-corrected chi connectivity index (χ2v) is 5.62. The van der Waals surface area contributed by atoms with Crippen LogP contribution in [0.2, 0.25) is 0 Å². The molecule has 0 radical (unpaired) electrons. The lowest BCUT2D eigenvalue weighted by molar-refractivity contribution is 0.102. The zero-order valence-electron chi connectivity index (χ0n) is 11.9. The molecule has 0 bridgehead atoms. The van der Waals surface area contributed by atoms with Gasteiger partial charge in [-0.15, -0.1) is 0 Å². The van der Waals surface area contributed by atoms with Gasteiger partial charge in [-0.2, -0.15) is 0 Å². The average Bonchev–Trinajstić information content (AvgIpc) is 2.95. The lowest BCUT2D eigenvalue weighted by atomic mass is 10.1. The molecular weight excluding hydrogens is 300 g/mol. The number of rotatable bonds is 5. The number of imidazole rings is 1. The maximum Gasteiger partial charge on any atom is 0.176 e. The van der Waals surface area contributed by atoms with Gasteiger partial charge in [0.2, 0.25) is 0 Å². The van der Waals surface area contributed by atoms with Crippen LogP contribution in [0.3, 0.4) is 0 Å². The largest absolute Gasteiger partial charge is 0.507 e. The highest BCUT2D eigenvalue weighted by molar-refractivity contribution is 7.99. The van der Waals surface area contributed by atoms with Crippen molar-refractivity contribution in [2.75, 3.05) is 12.9 Å².